The van der Waals surface area contributed by atoms with Gasteiger partial charge in [0.1, 0.15) is 27.5 Å². The Bertz CT molecular complexity index is 1530. The van der Waals surface area contributed by atoms with Crippen molar-refractivity contribution in [3.05, 3.63) is 58.4 Å². The first-order valence-electron chi connectivity index (χ1n) is 13.6. The van der Waals surface area contributed by atoms with Crippen LogP contribution in [0.1, 0.15) is 61.3 Å². The molecule has 0 radical (unpaired) electrons. The quantitative estimate of drug-likeness (QED) is 0.350. The monoisotopic (exact) mass is 626 g/mol. The molecule has 0 aromatic heterocycles. The normalized spacial score (nSPS) is 19.5. The molecule has 0 spiro atoms. The lowest BCUT2D eigenvalue weighted by Crippen LogP contribution is -2.37. The van der Waals surface area contributed by atoms with Gasteiger partial charge in [0.05, 0.1) is 30.3 Å². The van der Waals surface area contributed by atoms with Crippen LogP contribution in [0.5, 0.6) is 5.75 Å². The van der Waals surface area contributed by atoms with Crippen molar-refractivity contribution in [1.82, 2.24) is 5.32 Å². The van der Waals surface area contributed by atoms with Gasteiger partial charge in [-0.3, -0.25) is 19.5 Å². The summed E-state index contributed by atoms with van der Waals surface area (Å²) in [7, 11) is -7.92. The highest BCUT2D eigenvalue weighted by atomic mass is 32.2. The molecule has 0 saturated carbocycles. The van der Waals surface area contributed by atoms with Crippen molar-refractivity contribution in [2.45, 2.75) is 64.4 Å². The highest BCUT2D eigenvalue weighted by Crippen LogP contribution is 2.45. The Morgan fingerprint density at radius 3 is 2.48 bits per heavy atom. The molecule has 0 bridgehead atoms. The third kappa shape index (κ3) is 7.69. The molecule has 3 N–H and O–H groups in total. The van der Waals surface area contributed by atoms with Gasteiger partial charge < -0.3 is 14.6 Å². The minimum Gasteiger partial charge on any atom is -0.442 e. The summed E-state index contributed by atoms with van der Waals surface area (Å²) in [5, 5.41) is 2.75. The number of carbonyl (C=O) groups excluding carboxylic acids is 2. The second-order valence-electron chi connectivity index (χ2n) is 11.6. The number of benzene rings is 2. The number of hydrogen-bond acceptors (Lipinski definition) is 7. The third-order valence-corrected chi connectivity index (χ3v) is 9.78. The maximum Gasteiger partial charge on any atom is 0.524 e. The standard InChI is InChI=1S/C28H36FN2O9PS/c1-17-11-18(2)26(24(12-17)40-41(34,35)36)28(3,4)14-25(32)30-15-21-16-31(27(33)39-21)20-5-6-22(23(29)13-20)19-7-9-42(37,38)10-8-19/h5-6,11-13,19,21H,7-10,14-16H2,1-4H3,(H,30,32)(H2,34,35,36)/t21-/m0/s1. The number of halogens is 1. The predicted octanol–water partition coefficient (Wildman–Crippen LogP) is 4.02. The van der Waals surface area contributed by atoms with Crippen LogP contribution in [0.3, 0.4) is 0 Å². The number of nitrogens with zero attached hydrogens (tertiary/aromatic N) is 1. The lowest BCUT2D eigenvalue weighted by atomic mass is 9.78. The van der Waals surface area contributed by atoms with E-state index in [-0.39, 0.29) is 48.6 Å². The molecule has 4 rings (SSSR count). The van der Waals surface area contributed by atoms with E-state index in [2.05, 4.69) is 5.32 Å². The summed E-state index contributed by atoms with van der Waals surface area (Å²) in [6, 6.07) is 7.78. The van der Waals surface area contributed by atoms with Crippen molar-refractivity contribution in [2.75, 3.05) is 29.5 Å². The molecule has 2 aliphatic rings. The van der Waals surface area contributed by atoms with Gasteiger partial charge in [0.15, 0.2) is 0 Å². The molecule has 2 fully saturated rings. The number of sulfone groups is 1. The van der Waals surface area contributed by atoms with E-state index in [1.54, 1.807) is 39.8 Å². The second kappa shape index (κ2) is 11.9. The fraction of sp³-hybridized carbons (Fsp3) is 0.500. The van der Waals surface area contributed by atoms with E-state index in [9.17, 15) is 36.7 Å². The molecule has 2 aromatic carbocycles. The number of aryl methyl sites for hydroxylation is 2. The van der Waals surface area contributed by atoms with Crippen molar-refractivity contribution >= 4 is 35.3 Å². The highest BCUT2D eigenvalue weighted by Gasteiger charge is 2.35. The summed E-state index contributed by atoms with van der Waals surface area (Å²) < 4.78 is 60.3. The van der Waals surface area contributed by atoms with Crippen LogP contribution in [0.15, 0.2) is 30.3 Å². The van der Waals surface area contributed by atoms with Gasteiger partial charge >= 0.3 is 13.9 Å². The van der Waals surface area contributed by atoms with E-state index in [1.165, 1.54) is 17.0 Å². The Kier molecular flexibility index (Phi) is 9.09. The number of amides is 2. The maximum absolute atomic E-state index is 15.0. The molecule has 2 amide bonds. The fourth-order valence-electron chi connectivity index (χ4n) is 5.83. The highest BCUT2D eigenvalue weighted by molar-refractivity contribution is 7.91. The van der Waals surface area contributed by atoms with E-state index in [4.69, 9.17) is 9.26 Å². The largest absolute Gasteiger partial charge is 0.524 e. The molecule has 11 nitrogen and oxygen atoms in total. The van der Waals surface area contributed by atoms with Gasteiger partial charge in [0, 0.05) is 17.4 Å². The molecule has 2 saturated heterocycles. The van der Waals surface area contributed by atoms with Crippen molar-refractivity contribution in [1.29, 1.82) is 0 Å². The van der Waals surface area contributed by atoms with Gasteiger partial charge in [-0.15, -0.1) is 0 Å². The van der Waals surface area contributed by atoms with Crippen LogP contribution < -0.4 is 14.7 Å². The van der Waals surface area contributed by atoms with Crippen molar-refractivity contribution in [2.24, 2.45) is 0 Å². The lowest BCUT2D eigenvalue weighted by Gasteiger charge is -2.29. The van der Waals surface area contributed by atoms with E-state index in [1.807, 2.05) is 6.07 Å². The summed E-state index contributed by atoms with van der Waals surface area (Å²) in [5.74, 6) is -1.04. The second-order valence-corrected chi connectivity index (χ2v) is 15.1. The Balaban J connectivity index is 1.37. The number of phosphoric acid groups is 1. The molecule has 2 heterocycles. The van der Waals surface area contributed by atoms with Gasteiger partial charge in [-0.1, -0.05) is 26.0 Å². The summed E-state index contributed by atoms with van der Waals surface area (Å²) in [6.07, 6.45) is -0.714. The number of cyclic esters (lactones) is 1. The Labute approximate surface area is 244 Å². The van der Waals surface area contributed by atoms with E-state index < -0.39 is 41.1 Å². The molecule has 0 unspecified atom stereocenters. The Hall–Kier alpha value is -2.99. The van der Waals surface area contributed by atoms with Gasteiger partial charge in [0.25, 0.3) is 0 Å². The molecule has 230 valence electrons. The topological polar surface area (TPSA) is 160 Å². The van der Waals surface area contributed by atoms with E-state index in [0.29, 0.717) is 35.2 Å². The average Bonchev–Trinajstić information content (AvgIpc) is 3.21. The van der Waals surface area contributed by atoms with E-state index in [0.717, 1.165) is 5.56 Å². The van der Waals surface area contributed by atoms with Crippen LogP contribution in [0, 0.1) is 19.7 Å². The number of nitrogens with one attached hydrogen (secondary N) is 1. The van der Waals surface area contributed by atoms with Crippen LogP contribution in [0.4, 0.5) is 14.9 Å². The first-order chi connectivity index (χ1) is 19.4. The zero-order valence-corrected chi connectivity index (χ0v) is 25.6. The smallest absolute Gasteiger partial charge is 0.442 e. The van der Waals surface area contributed by atoms with Crippen LogP contribution >= 0.6 is 7.82 Å². The number of phosphoric ester groups is 1. The van der Waals surface area contributed by atoms with Gasteiger partial charge in [-0.2, -0.15) is 0 Å². The summed E-state index contributed by atoms with van der Waals surface area (Å²) in [4.78, 5) is 45.5. The van der Waals surface area contributed by atoms with Crippen molar-refractivity contribution in [3.63, 3.8) is 0 Å². The van der Waals surface area contributed by atoms with Gasteiger partial charge in [0.2, 0.25) is 5.91 Å². The molecule has 1 atom stereocenters. The summed E-state index contributed by atoms with van der Waals surface area (Å²) >= 11 is 0. The molecular formula is C28H36FN2O9PS. The van der Waals surface area contributed by atoms with E-state index >= 15 is 0 Å². The molecular weight excluding hydrogens is 590 g/mol. The van der Waals surface area contributed by atoms with Gasteiger partial charge in [-0.25, -0.2) is 22.2 Å². The first-order valence-corrected chi connectivity index (χ1v) is 16.9. The van der Waals surface area contributed by atoms with Crippen molar-refractivity contribution in [3.8, 4) is 5.75 Å². The number of rotatable bonds is 9. The number of hydrogen-bond donors (Lipinski definition) is 3. The zero-order valence-electron chi connectivity index (χ0n) is 23.9. The van der Waals surface area contributed by atoms with Crippen LogP contribution in [-0.4, -0.2) is 60.9 Å². The zero-order chi connectivity index (χ0) is 31.0. The predicted molar refractivity (Wildman–Crippen MR) is 154 cm³/mol. The minimum atomic E-state index is -4.84. The van der Waals surface area contributed by atoms with Crippen LogP contribution in [-0.2, 0) is 29.3 Å². The Morgan fingerprint density at radius 2 is 1.86 bits per heavy atom. The number of ether oxygens (including phenoxy) is 1. The molecule has 42 heavy (non-hydrogen) atoms. The summed E-state index contributed by atoms with van der Waals surface area (Å²) in [6.45, 7) is 7.16. The molecule has 2 aliphatic heterocycles. The third-order valence-electron chi connectivity index (χ3n) is 7.63. The van der Waals surface area contributed by atoms with Crippen molar-refractivity contribution < 1.29 is 46.0 Å². The molecule has 0 aliphatic carbocycles. The minimum absolute atomic E-state index is 0.00534. The number of anilines is 1. The molecule has 14 heteroatoms. The maximum atomic E-state index is 15.0. The van der Waals surface area contributed by atoms with Crippen LogP contribution in [0.2, 0.25) is 0 Å². The Morgan fingerprint density at radius 1 is 1.19 bits per heavy atom. The lowest BCUT2D eigenvalue weighted by molar-refractivity contribution is -0.122. The molecule has 2 aromatic rings. The number of carbonyl (C=O) groups is 2. The average molecular weight is 627 g/mol. The first kappa shape index (κ1) is 31.9. The van der Waals surface area contributed by atoms with Crippen LogP contribution in [0.25, 0.3) is 0 Å². The SMILES string of the molecule is Cc1cc(C)c(C(C)(C)CC(=O)NC[C@H]2CN(c3ccc(C4CCS(=O)(=O)CC4)c(F)c3)C(=O)O2)c(OP(=O)(O)O)c1. The fourth-order valence-corrected chi connectivity index (χ4v) is 7.72. The summed E-state index contributed by atoms with van der Waals surface area (Å²) in [5.41, 5.74) is 1.80. The van der Waals surface area contributed by atoms with Gasteiger partial charge in [-0.05, 0) is 67.5 Å².